The van der Waals surface area contributed by atoms with Gasteiger partial charge in [-0.15, -0.1) is 0 Å². The van der Waals surface area contributed by atoms with Gasteiger partial charge in [-0.05, 0) is 101 Å². The average Bonchev–Trinajstić information content (AvgIpc) is 2.98. The van der Waals surface area contributed by atoms with Crippen LogP contribution in [0.25, 0.3) is 0 Å². The minimum atomic E-state index is -0.985. The van der Waals surface area contributed by atoms with E-state index in [2.05, 4.69) is 13.2 Å². The van der Waals surface area contributed by atoms with E-state index < -0.39 is 29.7 Å². The van der Waals surface area contributed by atoms with Crippen LogP contribution in [-0.4, -0.2) is 59.8 Å². The number of aliphatic hydroxyl groups is 2. The van der Waals surface area contributed by atoms with Crippen molar-refractivity contribution in [2.24, 2.45) is 0 Å². The smallest absolute Gasteiger partial charge is 0.333 e. The van der Waals surface area contributed by atoms with Crippen molar-refractivity contribution >= 4 is 11.9 Å². The lowest BCUT2D eigenvalue weighted by atomic mass is 9.90. The summed E-state index contributed by atoms with van der Waals surface area (Å²) in [7, 11) is 0. The number of hydrogen-bond donors (Lipinski definition) is 2. The van der Waals surface area contributed by atoms with Crippen molar-refractivity contribution in [2.45, 2.75) is 92.5 Å². The second-order valence-corrected chi connectivity index (χ2v) is 11.3. The van der Waals surface area contributed by atoms with Crippen LogP contribution in [0.5, 0.6) is 23.0 Å². The summed E-state index contributed by atoms with van der Waals surface area (Å²) in [6.07, 6.45) is -0.462. The summed E-state index contributed by atoms with van der Waals surface area (Å²) in [5, 5.41) is 20.9. The molecule has 242 valence electrons. The highest BCUT2D eigenvalue weighted by Gasteiger charge is 2.34. The van der Waals surface area contributed by atoms with Gasteiger partial charge in [0.2, 0.25) is 0 Å². The van der Waals surface area contributed by atoms with Crippen LogP contribution in [0.1, 0.15) is 69.2 Å². The molecule has 0 heterocycles. The van der Waals surface area contributed by atoms with Gasteiger partial charge in [0.25, 0.3) is 0 Å². The Hall–Kier alpha value is -3.82. The van der Waals surface area contributed by atoms with Gasteiger partial charge in [-0.1, -0.05) is 27.0 Å². The van der Waals surface area contributed by atoms with Crippen molar-refractivity contribution < 1.29 is 43.5 Å². The van der Waals surface area contributed by atoms with Crippen molar-refractivity contribution in [3.05, 3.63) is 70.8 Å². The highest BCUT2D eigenvalue weighted by atomic mass is 16.6. The normalized spacial score (nSPS) is 12.6. The minimum absolute atomic E-state index is 0.0393. The molecule has 0 aliphatic carbocycles. The van der Waals surface area contributed by atoms with Crippen LogP contribution < -0.4 is 14.2 Å². The summed E-state index contributed by atoms with van der Waals surface area (Å²) in [5.74, 6) is 1.49. The molecule has 44 heavy (non-hydrogen) atoms. The van der Waals surface area contributed by atoms with E-state index in [4.69, 9.17) is 23.7 Å². The molecular weight excluding hydrogens is 564 g/mol. The van der Waals surface area contributed by atoms with Crippen LogP contribution in [0.4, 0.5) is 0 Å². The number of rotatable bonds is 17. The molecule has 2 N–H and O–H groups in total. The lowest BCUT2D eigenvalue weighted by molar-refractivity contribution is -0.159. The van der Waals surface area contributed by atoms with Crippen molar-refractivity contribution in [1.29, 1.82) is 0 Å². The molecule has 2 aromatic rings. The second-order valence-electron chi connectivity index (χ2n) is 11.3. The van der Waals surface area contributed by atoms with E-state index in [9.17, 15) is 19.8 Å². The van der Waals surface area contributed by atoms with Crippen LogP contribution >= 0.6 is 0 Å². The van der Waals surface area contributed by atoms with E-state index in [-0.39, 0.29) is 31.8 Å². The van der Waals surface area contributed by atoms with E-state index in [1.54, 1.807) is 25.1 Å². The molecule has 2 unspecified atom stereocenters. The van der Waals surface area contributed by atoms with E-state index in [1.807, 2.05) is 47.6 Å². The zero-order chi connectivity index (χ0) is 33.2. The van der Waals surface area contributed by atoms with Gasteiger partial charge in [-0.25, -0.2) is 9.59 Å². The summed E-state index contributed by atoms with van der Waals surface area (Å²) < 4.78 is 28.7. The lowest BCUT2D eigenvalue weighted by Crippen LogP contribution is -2.39. The molecule has 2 rings (SSSR count). The largest absolute Gasteiger partial charge is 0.491 e. The SMILES string of the molecule is C=C(C)C(=O)OCC(O)COc1ccc(Oc2ccc(OCC(O)CC(CC)(CC)OC(=O)C(=C)C)c(C)c2C)c(C)c1C. The molecule has 0 radical (unpaired) electrons. The van der Waals surface area contributed by atoms with Gasteiger partial charge in [-0.3, -0.25) is 0 Å². The van der Waals surface area contributed by atoms with Gasteiger partial charge in [0.1, 0.15) is 54.5 Å². The standard InChI is InChI=1S/C35H48O9/c1-11-35(12-2,44-34(39)22(5)6)17-27(36)18-40-29-13-15-31(25(9)23(29)7)43-32-16-14-30(24(8)26(32)10)41-19-28(37)20-42-33(38)21(3)4/h13-16,27-28,36-37H,3,5,11-12,17-20H2,1-2,4,6-10H3. The number of carbonyl (C=O) groups excluding carboxylic acids is 2. The van der Waals surface area contributed by atoms with Gasteiger partial charge in [0.05, 0.1) is 6.10 Å². The second kappa shape index (κ2) is 16.3. The molecule has 2 atom stereocenters. The van der Waals surface area contributed by atoms with E-state index >= 15 is 0 Å². The third-order valence-electron chi connectivity index (χ3n) is 7.77. The Bertz CT molecular complexity index is 1340. The maximum Gasteiger partial charge on any atom is 0.333 e. The summed E-state index contributed by atoms with van der Waals surface area (Å²) in [5.41, 5.74) is 3.26. The van der Waals surface area contributed by atoms with Crippen LogP contribution in [0, 0.1) is 27.7 Å². The fraction of sp³-hybridized carbons (Fsp3) is 0.486. The summed E-state index contributed by atoms with van der Waals surface area (Å²) in [6.45, 7) is 21.6. The highest BCUT2D eigenvalue weighted by Crippen LogP contribution is 2.36. The Morgan fingerprint density at radius 3 is 1.55 bits per heavy atom. The van der Waals surface area contributed by atoms with Gasteiger partial charge < -0.3 is 33.9 Å². The first-order chi connectivity index (χ1) is 20.6. The summed E-state index contributed by atoms with van der Waals surface area (Å²) in [6, 6.07) is 7.20. The Morgan fingerprint density at radius 2 is 1.11 bits per heavy atom. The van der Waals surface area contributed by atoms with Crippen LogP contribution in [0.2, 0.25) is 0 Å². The topological polar surface area (TPSA) is 121 Å². The fourth-order valence-corrected chi connectivity index (χ4v) is 4.41. The van der Waals surface area contributed by atoms with E-state index in [0.717, 1.165) is 22.3 Å². The lowest BCUT2D eigenvalue weighted by Gasteiger charge is -2.33. The number of ether oxygens (including phenoxy) is 5. The number of carbonyl (C=O) groups is 2. The molecule has 0 saturated carbocycles. The number of benzene rings is 2. The maximum atomic E-state index is 12.2. The van der Waals surface area contributed by atoms with Gasteiger partial charge in [-0.2, -0.15) is 0 Å². The maximum absolute atomic E-state index is 12.2. The van der Waals surface area contributed by atoms with Crippen molar-refractivity contribution in [2.75, 3.05) is 19.8 Å². The number of esters is 2. The molecule has 0 aliphatic rings. The Labute approximate surface area is 261 Å². The fourth-order valence-electron chi connectivity index (χ4n) is 4.41. The van der Waals surface area contributed by atoms with E-state index in [1.165, 1.54) is 6.92 Å². The Morgan fingerprint density at radius 1 is 0.705 bits per heavy atom. The molecule has 9 nitrogen and oxygen atoms in total. The third-order valence-corrected chi connectivity index (χ3v) is 7.77. The zero-order valence-corrected chi connectivity index (χ0v) is 27.4. The molecule has 0 fully saturated rings. The van der Waals surface area contributed by atoms with E-state index in [0.29, 0.717) is 41.4 Å². The molecule has 2 aromatic carbocycles. The average molecular weight is 613 g/mol. The number of hydrogen-bond acceptors (Lipinski definition) is 9. The van der Waals surface area contributed by atoms with Crippen molar-refractivity contribution in [3.8, 4) is 23.0 Å². The first-order valence-electron chi connectivity index (χ1n) is 14.9. The molecular formula is C35H48O9. The Balaban J connectivity index is 2.05. The van der Waals surface area contributed by atoms with Gasteiger partial charge in [0, 0.05) is 17.6 Å². The summed E-state index contributed by atoms with van der Waals surface area (Å²) in [4.78, 5) is 23.7. The molecule has 0 spiro atoms. The first kappa shape index (κ1) is 36.4. The zero-order valence-electron chi connectivity index (χ0n) is 27.4. The van der Waals surface area contributed by atoms with Crippen molar-refractivity contribution in [3.63, 3.8) is 0 Å². The molecule has 0 aromatic heterocycles. The molecule has 0 aliphatic heterocycles. The number of aliphatic hydroxyl groups excluding tert-OH is 2. The highest BCUT2D eigenvalue weighted by molar-refractivity contribution is 5.87. The summed E-state index contributed by atoms with van der Waals surface area (Å²) >= 11 is 0. The molecule has 0 bridgehead atoms. The monoisotopic (exact) mass is 612 g/mol. The molecule has 0 saturated heterocycles. The van der Waals surface area contributed by atoms with Crippen LogP contribution in [-0.2, 0) is 19.1 Å². The molecule has 9 heteroatoms. The van der Waals surface area contributed by atoms with Crippen molar-refractivity contribution in [1.82, 2.24) is 0 Å². The minimum Gasteiger partial charge on any atom is -0.491 e. The van der Waals surface area contributed by atoms with Gasteiger partial charge >= 0.3 is 11.9 Å². The predicted molar refractivity (Wildman–Crippen MR) is 170 cm³/mol. The quantitative estimate of drug-likeness (QED) is 0.155. The Kier molecular flexibility index (Phi) is 13.5. The first-order valence-corrected chi connectivity index (χ1v) is 14.9. The molecule has 0 amide bonds. The third kappa shape index (κ3) is 9.86. The van der Waals surface area contributed by atoms with Gasteiger partial charge in [0.15, 0.2) is 0 Å². The van der Waals surface area contributed by atoms with Crippen LogP contribution in [0.3, 0.4) is 0 Å². The van der Waals surface area contributed by atoms with Crippen LogP contribution in [0.15, 0.2) is 48.6 Å². The predicted octanol–water partition coefficient (Wildman–Crippen LogP) is 6.38.